The summed E-state index contributed by atoms with van der Waals surface area (Å²) in [5.41, 5.74) is 0.943. The molecule has 1 aromatic carbocycles. The number of carbonyl (C=O) groups excluding carboxylic acids is 1. The van der Waals surface area contributed by atoms with E-state index in [0.29, 0.717) is 5.78 Å². The molecular formula is C15H17IO2. The fraction of sp³-hybridized carbons (Fsp3) is 0.533. The first-order valence-electron chi connectivity index (χ1n) is 6.63. The quantitative estimate of drug-likeness (QED) is 0.595. The minimum Gasteiger partial charge on any atom is -0.375 e. The minimum absolute atomic E-state index is 0.0544. The van der Waals surface area contributed by atoms with Crippen molar-refractivity contribution in [2.75, 3.05) is 6.61 Å². The van der Waals surface area contributed by atoms with E-state index in [2.05, 4.69) is 22.6 Å². The Morgan fingerprint density at radius 3 is 2.78 bits per heavy atom. The van der Waals surface area contributed by atoms with Gasteiger partial charge in [-0.3, -0.25) is 4.79 Å². The summed E-state index contributed by atoms with van der Waals surface area (Å²) in [5, 5.41) is 0. The van der Waals surface area contributed by atoms with Crippen molar-refractivity contribution in [1.82, 2.24) is 0 Å². The lowest BCUT2D eigenvalue weighted by Crippen LogP contribution is -2.47. The normalized spacial score (nSPS) is 25.7. The Bertz CT molecular complexity index is 465. The summed E-state index contributed by atoms with van der Waals surface area (Å²) in [6.45, 7) is 0.750. The highest BCUT2D eigenvalue weighted by molar-refractivity contribution is 14.1. The molecule has 0 radical (unpaired) electrons. The monoisotopic (exact) mass is 356 g/mol. The molecule has 1 unspecified atom stereocenters. The second-order valence-electron chi connectivity index (χ2n) is 5.42. The van der Waals surface area contributed by atoms with Crippen LogP contribution in [0.2, 0.25) is 0 Å². The third kappa shape index (κ3) is 2.23. The van der Waals surface area contributed by atoms with Gasteiger partial charge in [-0.1, -0.05) is 18.2 Å². The highest BCUT2D eigenvalue weighted by Crippen LogP contribution is 2.45. The molecule has 2 nitrogen and oxygen atoms in total. The largest absolute Gasteiger partial charge is 0.375 e. The maximum atomic E-state index is 12.6. The zero-order chi connectivity index (χ0) is 12.6. The second kappa shape index (κ2) is 4.93. The van der Waals surface area contributed by atoms with Crippen LogP contribution >= 0.6 is 22.6 Å². The summed E-state index contributed by atoms with van der Waals surface area (Å²) in [6, 6.07) is 7.89. The van der Waals surface area contributed by atoms with Crippen molar-refractivity contribution in [3.05, 3.63) is 33.4 Å². The zero-order valence-electron chi connectivity index (χ0n) is 10.3. The van der Waals surface area contributed by atoms with Gasteiger partial charge in [-0.25, -0.2) is 0 Å². The molecule has 0 aromatic heterocycles. The molecule has 1 aromatic rings. The van der Waals surface area contributed by atoms with Crippen molar-refractivity contribution >= 4 is 28.4 Å². The van der Waals surface area contributed by atoms with Gasteiger partial charge in [0.15, 0.2) is 5.78 Å². The number of rotatable bonds is 2. The van der Waals surface area contributed by atoms with Crippen LogP contribution in [-0.2, 0) is 4.74 Å². The van der Waals surface area contributed by atoms with E-state index in [1.165, 1.54) is 6.42 Å². The third-order valence-electron chi connectivity index (χ3n) is 4.27. The molecule has 3 rings (SSSR count). The van der Waals surface area contributed by atoms with Crippen LogP contribution in [0.4, 0.5) is 0 Å². The molecule has 2 fully saturated rings. The number of ketones is 1. The Kier molecular flexibility index (Phi) is 3.45. The molecule has 2 aliphatic rings. The summed E-state index contributed by atoms with van der Waals surface area (Å²) in [4.78, 5) is 12.6. The fourth-order valence-electron chi connectivity index (χ4n) is 3.05. The lowest BCUT2D eigenvalue weighted by Gasteiger charge is -2.46. The predicted octanol–water partition coefficient (Wildman–Crippen LogP) is 3.82. The number of carbonyl (C=O) groups is 1. The summed E-state index contributed by atoms with van der Waals surface area (Å²) >= 11 is 2.25. The van der Waals surface area contributed by atoms with E-state index in [-0.39, 0.29) is 11.5 Å². The van der Waals surface area contributed by atoms with E-state index in [1.807, 2.05) is 24.3 Å². The van der Waals surface area contributed by atoms with Gasteiger partial charge in [-0.15, -0.1) is 0 Å². The van der Waals surface area contributed by atoms with E-state index >= 15 is 0 Å². The SMILES string of the molecule is O=C(c1ccccc1I)C1CCOC2(CCC2)C1. The number of Topliss-reactive ketones (excluding diaryl/α,β-unsaturated/α-hetero) is 1. The van der Waals surface area contributed by atoms with E-state index < -0.39 is 0 Å². The van der Waals surface area contributed by atoms with Crippen molar-refractivity contribution in [2.24, 2.45) is 5.92 Å². The second-order valence-corrected chi connectivity index (χ2v) is 6.58. The molecule has 1 heterocycles. The first kappa shape index (κ1) is 12.6. The zero-order valence-corrected chi connectivity index (χ0v) is 12.5. The number of hydrogen-bond acceptors (Lipinski definition) is 2. The van der Waals surface area contributed by atoms with Crippen molar-refractivity contribution < 1.29 is 9.53 Å². The molecule has 96 valence electrons. The molecule has 18 heavy (non-hydrogen) atoms. The lowest BCUT2D eigenvalue weighted by atomic mass is 9.70. The maximum absolute atomic E-state index is 12.6. The van der Waals surface area contributed by atoms with Crippen LogP contribution in [0.5, 0.6) is 0 Å². The van der Waals surface area contributed by atoms with Crippen LogP contribution in [0.15, 0.2) is 24.3 Å². The molecule has 1 saturated carbocycles. The van der Waals surface area contributed by atoms with Gasteiger partial charge in [-0.05, 0) is 60.8 Å². The Labute approximate surface area is 121 Å². The van der Waals surface area contributed by atoms with Crippen LogP contribution in [-0.4, -0.2) is 18.0 Å². The predicted molar refractivity (Wildman–Crippen MR) is 78.7 cm³/mol. The highest BCUT2D eigenvalue weighted by Gasteiger charge is 2.44. The highest BCUT2D eigenvalue weighted by atomic mass is 127. The van der Waals surface area contributed by atoms with Crippen molar-refractivity contribution in [3.8, 4) is 0 Å². The van der Waals surface area contributed by atoms with Gasteiger partial charge in [0.25, 0.3) is 0 Å². The fourth-order valence-corrected chi connectivity index (χ4v) is 3.71. The smallest absolute Gasteiger partial charge is 0.167 e. The lowest BCUT2D eigenvalue weighted by molar-refractivity contribution is -0.137. The molecule has 0 N–H and O–H groups in total. The van der Waals surface area contributed by atoms with E-state index in [1.54, 1.807) is 0 Å². The summed E-state index contributed by atoms with van der Waals surface area (Å²) in [5.74, 6) is 0.476. The topological polar surface area (TPSA) is 26.3 Å². The molecule has 1 saturated heterocycles. The molecule has 0 amide bonds. The van der Waals surface area contributed by atoms with Crippen LogP contribution in [0.25, 0.3) is 0 Å². The number of halogens is 1. The van der Waals surface area contributed by atoms with Crippen LogP contribution in [0.1, 0.15) is 42.5 Å². The van der Waals surface area contributed by atoms with E-state index in [0.717, 1.165) is 41.4 Å². The van der Waals surface area contributed by atoms with E-state index in [9.17, 15) is 4.79 Å². The van der Waals surface area contributed by atoms with Gasteiger partial charge in [-0.2, -0.15) is 0 Å². The van der Waals surface area contributed by atoms with Crippen LogP contribution in [0, 0.1) is 9.49 Å². The number of hydrogen-bond donors (Lipinski definition) is 0. The van der Waals surface area contributed by atoms with Crippen LogP contribution < -0.4 is 0 Å². The minimum atomic E-state index is 0.0544. The first-order chi connectivity index (χ1) is 8.70. The summed E-state index contributed by atoms with van der Waals surface area (Å²) in [6.07, 6.45) is 5.34. The Morgan fingerprint density at radius 2 is 2.11 bits per heavy atom. The Morgan fingerprint density at radius 1 is 1.33 bits per heavy atom. The summed E-state index contributed by atoms with van der Waals surface area (Å²) < 4.78 is 6.96. The molecule has 1 aliphatic carbocycles. The number of benzene rings is 1. The molecule has 1 aliphatic heterocycles. The molecule has 1 atom stereocenters. The average Bonchev–Trinajstić information content (AvgIpc) is 2.37. The van der Waals surface area contributed by atoms with Crippen molar-refractivity contribution in [3.63, 3.8) is 0 Å². The molecule has 0 bridgehead atoms. The summed E-state index contributed by atoms with van der Waals surface area (Å²) in [7, 11) is 0. The van der Waals surface area contributed by atoms with Gasteiger partial charge < -0.3 is 4.74 Å². The molecular weight excluding hydrogens is 339 g/mol. The van der Waals surface area contributed by atoms with Gasteiger partial charge in [0.05, 0.1) is 5.60 Å². The molecule has 1 spiro atoms. The third-order valence-corrected chi connectivity index (χ3v) is 5.21. The van der Waals surface area contributed by atoms with Gasteiger partial charge >= 0.3 is 0 Å². The van der Waals surface area contributed by atoms with Crippen molar-refractivity contribution in [1.29, 1.82) is 0 Å². The van der Waals surface area contributed by atoms with Crippen LogP contribution in [0.3, 0.4) is 0 Å². The first-order valence-corrected chi connectivity index (χ1v) is 7.71. The Balaban J connectivity index is 1.78. The average molecular weight is 356 g/mol. The standard InChI is InChI=1S/C15H17IO2/c16-13-5-2-1-4-12(13)14(17)11-6-9-18-15(10-11)7-3-8-15/h1-2,4-5,11H,3,6-10H2. The number of ether oxygens (including phenoxy) is 1. The molecule has 3 heteroatoms. The van der Waals surface area contributed by atoms with Gasteiger partial charge in [0.2, 0.25) is 0 Å². The van der Waals surface area contributed by atoms with E-state index in [4.69, 9.17) is 4.74 Å². The van der Waals surface area contributed by atoms with Gasteiger partial charge in [0, 0.05) is 21.7 Å². The Hall–Kier alpha value is -0.420. The van der Waals surface area contributed by atoms with Gasteiger partial charge in [0.1, 0.15) is 0 Å². The van der Waals surface area contributed by atoms with Crippen molar-refractivity contribution in [2.45, 2.75) is 37.7 Å². The maximum Gasteiger partial charge on any atom is 0.167 e.